The molecule has 0 saturated heterocycles. The van der Waals surface area contributed by atoms with Crippen molar-refractivity contribution >= 4 is 17.3 Å². The van der Waals surface area contributed by atoms with Crippen molar-refractivity contribution < 1.29 is 4.79 Å². The Labute approximate surface area is 138 Å². The fraction of sp³-hybridized carbons (Fsp3) is 0. The van der Waals surface area contributed by atoms with Gasteiger partial charge < -0.3 is 10.6 Å². The number of pyridine rings is 1. The predicted octanol–water partition coefficient (Wildman–Crippen LogP) is 2.57. The zero-order valence-electron chi connectivity index (χ0n) is 12.3. The van der Waals surface area contributed by atoms with E-state index < -0.39 is 0 Å². The quantitative estimate of drug-likeness (QED) is 0.835. The number of carbonyl (C=O) groups excluding carboxylic acids is 1. The first-order chi connectivity index (χ1) is 11.7. The minimum Gasteiger partial charge on any atom is -0.345 e. The Hall–Kier alpha value is -4.15. The Bertz CT molecular complexity index is 897. The van der Waals surface area contributed by atoms with Gasteiger partial charge in [0.2, 0.25) is 0 Å². The van der Waals surface area contributed by atoms with Crippen LogP contribution in [0.3, 0.4) is 0 Å². The van der Waals surface area contributed by atoms with E-state index in [2.05, 4.69) is 15.6 Å². The first-order valence-corrected chi connectivity index (χ1v) is 6.71. The number of hydrogen-bond donors (Lipinski definition) is 2. The highest BCUT2D eigenvalue weighted by molar-refractivity contribution is 6.04. The van der Waals surface area contributed by atoms with Crippen LogP contribution < -0.4 is 10.6 Å². The molecule has 7 heteroatoms. The summed E-state index contributed by atoms with van der Waals surface area (Å²) in [5.41, 5.74) is 0.878. The number of benzene rings is 1. The molecule has 0 spiro atoms. The molecule has 0 radical (unpaired) electrons. The van der Waals surface area contributed by atoms with Crippen molar-refractivity contribution in [2.45, 2.75) is 0 Å². The number of hydrogen-bond acceptors (Lipinski definition) is 6. The van der Waals surface area contributed by atoms with Crippen LogP contribution in [0.15, 0.2) is 60.1 Å². The minimum atomic E-state index is -0.328. The predicted molar refractivity (Wildman–Crippen MR) is 86.1 cm³/mol. The van der Waals surface area contributed by atoms with Gasteiger partial charge in [-0.1, -0.05) is 6.07 Å². The van der Waals surface area contributed by atoms with Gasteiger partial charge in [0.25, 0.3) is 5.91 Å². The van der Waals surface area contributed by atoms with E-state index in [1.807, 2.05) is 0 Å². The van der Waals surface area contributed by atoms with Gasteiger partial charge in [0.15, 0.2) is 5.57 Å². The molecule has 0 atom stereocenters. The number of nitriles is 3. The molecule has 0 aliphatic rings. The maximum atomic E-state index is 12.1. The molecule has 24 heavy (non-hydrogen) atoms. The van der Waals surface area contributed by atoms with Crippen LogP contribution in [-0.4, -0.2) is 10.9 Å². The second-order valence-corrected chi connectivity index (χ2v) is 4.49. The molecular formula is C17H10N6O. The summed E-state index contributed by atoms with van der Waals surface area (Å²) in [6, 6.07) is 14.9. The molecule has 0 saturated carbocycles. The summed E-state index contributed by atoms with van der Waals surface area (Å²) in [5, 5.41) is 32.1. The molecule has 0 fully saturated rings. The number of amides is 1. The molecule has 2 aromatic rings. The second-order valence-electron chi connectivity index (χ2n) is 4.49. The average molecular weight is 314 g/mol. The van der Waals surface area contributed by atoms with Crippen LogP contribution in [0.25, 0.3) is 0 Å². The lowest BCUT2D eigenvalue weighted by Gasteiger charge is -2.08. The summed E-state index contributed by atoms with van der Waals surface area (Å²) in [7, 11) is 0. The van der Waals surface area contributed by atoms with E-state index in [0.29, 0.717) is 16.9 Å². The molecule has 1 heterocycles. The molecule has 0 bridgehead atoms. The van der Waals surface area contributed by atoms with Gasteiger partial charge >= 0.3 is 0 Å². The van der Waals surface area contributed by atoms with Crippen molar-refractivity contribution in [1.82, 2.24) is 4.98 Å². The monoisotopic (exact) mass is 314 g/mol. The maximum absolute atomic E-state index is 12.1. The number of rotatable bonds is 4. The second kappa shape index (κ2) is 7.74. The van der Waals surface area contributed by atoms with Crippen molar-refractivity contribution in [3.63, 3.8) is 0 Å². The van der Waals surface area contributed by atoms with E-state index in [1.165, 1.54) is 6.20 Å². The maximum Gasteiger partial charge on any atom is 0.257 e. The highest BCUT2D eigenvalue weighted by Crippen LogP contribution is 2.18. The van der Waals surface area contributed by atoms with Crippen molar-refractivity contribution in [3.8, 4) is 18.2 Å². The number of aromatic nitrogens is 1. The average Bonchev–Trinajstić information content (AvgIpc) is 2.62. The summed E-state index contributed by atoms with van der Waals surface area (Å²) in [6.45, 7) is 0. The molecule has 2 N–H and O–H groups in total. The lowest BCUT2D eigenvalue weighted by Crippen LogP contribution is -2.12. The third kappa shape index (κ3) is 3.94. The minimum absolute atomic E-state index is 0.157. The third-order valence-corrected chi connectivity index (χ3v) is 2.90. The smallest absolute Gasteiger partial charge is 0.257 e. The summed E-state index contributed by atoms with van der Waals surface area (Å²) >= 11 is 0. The van der Waals surface area contributed by atoms with Crippen molar-refractivity contribution in [3.05, 3.63) is 65.6 Å². The number of nitrogens with zero attached hydrogens (tertiary/aromatic N) is 4. The summed E-state index contributed by atoms with van der Waals surface area (Å²) in [4.78, 5) is 16.0. The molecule has 1 aromatic carbocycles. The van der Waals surface area contributed by atoms with Gasteiger partial charge in [0.05, 0.1) is 5.56 Å². The van der Waals surface area contributed by atoms with E-state index in [9.17, 15) is 4.79 Å². The molecule has 1 amide bonds. The zero-order valence-corrected chi connectivity index (χ0v) is 12.3. The topological polar surface area (TPSA) is 125 Å². The van der Waals surface area contributed by atoms with Crippen molar-refractivity contribution in [1.29, 1.82) is 15.8 Å². The molecule has 2 rings (SSSR count). The van der Waals surface area contributed by atoms with Crippen LogP contribution in [0.5, 0.6) is 0 Å². The Balaban J connectivity index is 2.20. The van der Waals surface area contributed by atoms with Crippen LogP contribution in [0, 0.1) is 34.0 Å². The summed E-state index contributed by atoms with van der Waals surface area (Å²) in [6.07, 6.45) is 3.01. The van der Waals surface area contributed by atoms with Crippen LogP contribution in [0.4, 0.5) is 11.4 Å². The number of nitrogens with one attached hydrogen (secondary N) is 2. The molecular weight excluding hydrogens is 304 g/mol. The van der Waals surface area contributed by atoms with Crippen LogP contribution >= 0.6 is 0 Å². The molecule has 0 unspecified atom stereocenters. The van der Waals surface area contributed by atoms with Gasteiger partial charge in [-0.2, -0.15) is 15.8 Å². The lowest BCUT2D eigenvalue weighted by molar-refractivity contribution is 0.102. The fourth-order valence-corrected chi connectivity index (χ4v) is 1.80. The molecule has 0 aliphatic carbocycles. The van der Waals surface area contributed by atoms with Gasteiger partial charge in [-0.25, -0.2) is 0 Å². The first-order valence-electron chi connectivity index (χ1n) is 6.71. The number of anilines is 2. The largest absolute Gasteiger partial charge is 0.345 e. The molecule has 1 aromatic heterocycles. The normalized spacial score (nSPS) is 8.88. The van der Waals surface area contributed by atoms with E-state index in [1.54, 1.807) is 60.8 Å². The van der Waals surface area contributed by atoms with Gasteiger partial charge in [-0.05, 0) is 30.3 Å². The van der Waals surface area contributed by atoms with Crippen molar-refractivity contribution in [2.75, 3.05) is 10.6 Å². The number of carbonyl (C=O) groups is 1. The van der Waals surface area contributed by atoms with Crippen LogP contribution in [-0.2, 0) is 0 Å². The van der Waals surface area contributed by atoms with Crippen LogP contribution in [0.1, 0.15) is 10.4 Å². The Kier molecular flexibility index (Phi) is 5.23. The van der Waals surface area contributed by atoms with Gasteiger partial charge in [0, 0.05) is 23.8 Å². The Morgan fingerprint density at radius 1 is 0.958 bits per heavy atom. The first kappa shape index (κ1) is 16.2. The molecule has 7 nitrogen and oxygen atoms in total. The van der Waals surface area contributed by atoms with E-state index in [-0.39, 0.29) is 17.2 Å². The number of allylic oxidation sites excluding steroid dienone is 2. The highest BCUT2D eigenvalue weighted by atomic mass is 16.1. The summed E-state index contributed by atoms with van der Waals surface area (Å²) in [5.74, 6) is -0.328. The van der Waals surface area contributed by atoms with Crippen LogP contribution in [0.2, 0.25) is 0 Å². The molecule has 0 aliphatic heterocycles. The summed E-state index contributed by atoms with van der Waals surface area (Å²) < 4.78 is 0. The van der Waals surface area contributed by atoms with Gasteiger partial charge in [-0.3, -0.25) is 9.78 Å². The third-order valence-electron chi connectivity index (χ3n) is 2.90. The van der Waals surface area contributed by atoms with Gasteiger partial charge in [-0.15, -0.1) is 0 Å². The fourth-order valence-electron chi connectivity index (χ4n) is 1.80. The van der Waals surface area contributed by atoms with E-state index >= 15 is 0 Å². The Morgan fingerprint density at radius 3 is 2.25 bits per heavy atom. The standard InChI is InChI=1S/C17H10N6O/c18-8-13(9-19)16(10-20)22-14-4-1-5-15(7-14)23-17(24)12-3-2-6-21-11-12/h1-7,11,22H,(H,23,24). The highest BCUT2D eigenvalue weighted by Gasteiger charge is 2.08. The van der Waals surface area contributed by atoms with Crippen molar-refractivity contribution in [2.24, 2.45) is 0 Å². The lowest BCUT2D eigenvalue weighted by atomic mass is 10.2. The zero-order chi connectivity index (χ0) is 17.4. The molecule has 114 valence electrons. The van der Waals surface area contributed by atoms with Gasteiger partial charge in [0.1, 0.15) is 23.9 Å². The SMILES string of the molecule is N#CC(C#N)=C(C#N)Nc1cccc(NC(=O)c2cccnc2)c1. The van der Waals surface area contributed by atoms with E-state index in [0.717, 1.165) is 0 Å². The Morgan fingerprint density at radius 2 is 1.67 bits per heavy atom. The van der Waals surface area contributed by atoms with E-state index in [4.69, 9.17) is 15.8 Å².